The Morgan fingerprint density at radius 2 is 1.67 bits per heavy atom. The van der Waals surface area contributed by atoms with Gasteiger partial charge in [0.1, 0.15) is 0 Å². The second-order valence-electron chi connectivity index (χ2n) is 3.92. The molecule has 0 bridgehead atoms. The quantitative estimate of drug-likeness (QED) is 0.830. The fourth-order valence-electron chi connectivity index (χ4n) is 1.81. The van der Waals surface area contributed by atoms with Gasteiger partial charge in [0.15, 0.2) is 0 Å². The summed E-state index contributed by atoms with van der Waals surface area (Å²) in [5.74, 6) is 0.992. The van der Waals surface area contributed by atoms with Crippen LogP contribution in [0.4, 0.5) is 0 Å². The number of nitrogens with two attached hydrogens (primary N) is 1. The number of hydrogen-bond acceptors (Lipinski definition) is 3. The Bertz CT molecular complexity index is 497. The van der Waals surface area contributed by atoms with Crippen LogP contribution in [0.3, 0.4) is 0 Å². The van der Waals surface area contributed by atoms with Crippen LogP contribution < -0.4 is 5.73 Å². The maximum atomic E-state index is 5.87. The molecule has 2 N–H and O–H groups in total. The molecule has 0 saturated heterocycles. The monoisotopic (exact) mass is 275 g/mol. The van der Waals surface area contributed by atoms with Crippen molar-refractivity contribution in [2.45, 2.75) is 22.1 Å². The van der Waals surface area contributed by atoms with E-state index in [1.54, 1.807) is 11.8 Å². The molecule has 0 spiro atoms. The molecule has 0 radical (unpaired) electrons. The maximum Gasteiger partial charge on any atom is 0.0232 e. The van der Waals surface area contributed by atoms with Crippen LogP contribution in [0.5, 0.6) is 0 Å². The molecule has 0 atom stereocenters. The van der Waals surface area contributed by atoms with Gasteiger partial charge in [-0.1, -0.05) is 36.4 Å². The summed E-state index contributed by atoms with van der Waals surface area (Å²) in [6.45, 7) is 0.605. The Kier molecular flexibility index (Phi) is 5.17. The van der Waals surface area contributed by atoms with Crippen molar-refractivity contribution < 1.29 is 0 Å². The van der Waals surface area contributed by atoms with Crippen LogP contribution in [0, 0.1) is 0 Å². The van der Waals surface area contributed by atoms with E-state index in [0.29, 0.717) is 6.54 Å². The summed E-state index contributed by atoms with van der Waals surface area (Å²) in [4.78, 5) is 2.59. The third-order valence-corrected chi connectivity index (χ3v) is 4.74. The van der Waals surface area contributed by atoms with E-state index in [-0.39, 0.29) is 0 Å². The molecule has 0 unspecified atom stereocenters. The number of benzene rings is 2. The molecule has 18 heavy (non-hydrogen) atoms. The Hall–Kier alpha value is -0.900. The Morgan fingerprint density at radius 1 is 0.944 bits per heavy atom. The van der Waals surface area contributed by atoms with Gasteiger partial charge in [0.25, 0.3) is 0 Å². The van der Waals surface area contributed by atoms with Crippen LogP contribution in [0.25, 0.3) is 0 Å². The van der Waals surface area contributed by atoms with E-state index in [4.69, 9.17) is 5.73 Å². The van der Waals surface area contributed by atoms with Crippen LogP contribution in [-0.4, -0.2) is 6.26 Å². The van der Waals surface area contributed by atoms with Crippen LogP contribution in [0.2, 0.25) is 0 Å². The Labute approximate surface area is 117 Å². The lowest BCUT2D eigenvalue weighted by Crippen LogP contribution is -2.00. The third-order valence-electron chi connectivity index (χ3n) is 2.75. The Morgan fingerprint density at radius 3 is 2.33 bits per heavy atom. The van der Waals surface area contributed by atoms with Crippen molar-refractivity contribution in [2.24, 2.45) is 5.73 Å². The topological polar surface area (TPSA) is 26.0 Å². The lowest BCUT2D eigenvalue weighted by atomic mass is 10.2. The van der Waals surface area contributed by atoms with Crippen LogP contribution in [0.15, 0.2) is 58.3 Å². The number of thioether (sulfide) groups is 2. The van der Waals surface area contributed by atoms with Crippen molar-refractivity contribution in [3.63, 3.8) is 0 Å². The first-order valence-corrected chi connectivity index (χ1v) is 8.09. The molecule has 0 saturated carbocycles. The molecule has 0 aliphatic rings. The molecule has 2 rings (SSSR count). The zero-order valence-corrected chi connectivity index (χ0v) is 12.1. The van der Waals surface area contributed by atoms with Crippen LogP contribution in [0.1, 0.15) is 11.1 Å². The standard InChI is InChI=1S/C15H17NS2/c1-17-14-8-5-9-15(13(14)10-16)18-11-12-6-3-2-4-7-12/h2-9H,10-11,16H2,1H3. The highest BCUT2D eigenvalue weighted by Crippen LogP contribution is 2.31. The van der Waals surface area contributed by atoms with E-state index in [2.05, 4.69) is 48.7 Å². The smallest absolute Gasteiger partial charge is 0.0232 e. The van der Waals surface area contributed by atoms with Crippen molar-refractivity contribution >= 4 is 23.5 Å². The minimum absolute atomic E-state index is 0.605. The third kappa shape index (κ3) is 3.31. The molecule has 3 heteroatoms. The molecular formula is C15H17NS2. The average molecular weight is 275 g/mol. The predicted octanol–water partition coefficient (Wildman–Crippen LogP) is 4.16. The van der Waals surface area contributed by atoms with E-state index in [1.165, 1.54) is 20.9 Å². The molecule has 0 aliphatic heterocycles. The normalized spacial score (nSPS) is 10.6. The Balaban J connectivity index is 2.14. The highest BCUT2D eigenvalue weighted by Gasteiger charge is 2.06. The van der Waals surface area contributed by atoms with Gasteiger partial charge in [-0.05, 0) is 29.5 Å². The second-order valence-corrected chi connectivity index (χ2v) is 5.78. The number of hydrogen-bond donors (Lipinski definition) is 1. The molecule has 0 heterocycles. The lowest BCUT2D eigenvalue weighted by Gasteiger charge is -2.11. The summed E-state index contributed by atoms with van der Waals surface area (Å²) >= 11 is 3.62. The minimum Gasteiger partial charge on any atom is -0.326 e. The van der Waals surface area contributed by atoms with Gasteiger partial charge in [-0.15, -0.1) is 23.5 Å². The predicted molar refractivity (Wildman–Crippen MR) is 82.1 cm³/mol. The SMILES string of the molecule is CSc1cccc(SCc2ccccc2)c1CN. The zero-order valence-electron chi connectivity index (χ0n) is 10.4. The van der Waals surface area contributed by atoms with Gasteiger partial charge >= 0.3 is 0 Å². The van der Waals surface area contributed by atoms with E-state index >= 15 is 0 Å². The van der Waals surface area contributed by atoms with Gasteiger partial charge < -0.3 is 5.73 Å². The lowest BCUT2D eigenvalue weighted by molar-refractivity contribution is 0.980. The van der Waals surface area contributed by atoms with Crippen molar-refractivity contribution in [2.75, 3.05) is 6.26 Å². The summed E-state index contributed by atoms with van der Waals surface area (Å²) in [7, 11) is 0. The van der Waals surface area contributed by atoms with Gasteiger partial charge in [0.2, 0.25) is 0 Å². The van der Waals surface area contributed by atoms with E-state index in [1.807, 2.05) is 17.8 Å². The summed E-state index contributed by atoms with van der Waals surface area (Å²) < 4.78 is 0. The molecule has 2 aromatic rings. The minimum atomic E-state index is 0.605. The molecule has 0 amide bonds. The van der Waals surface area contributed by atoms with E-state index in [0.717, 1.165) is 5.75 Å². The van der Waals surface area contributed by atoms with Crippen molar-refractivity contribution in [3.8, 4) is 0 Å². The molecule has 0 fully saturated rings. The largest absolute Gasteiger partial charge is 0.326 e. The fraction of sp³-hybridized carbons (Fsp3) is 0.200. The molecule has 2 aromatic carbocycles. The zero-order chi connectivity index (χ0) is 12.8. The molecule has 0 aliphatic carbocycles. The second kappa shape index (κ2) is 6.88. The maximum absolute atomic E-state index is 5.87. The van der Waals surface area contributed by atoms with Crippen LogP contribution >= 0.6 is 23.5 Å². The molecule has 94 valence electrons. The van der Waals surface area contributed by atoms with Crippen LogP contribution in [-0.2, 0) is 12.3 Å². The van der Waals surface area contributed by atoms with Crippen molar-refractivity contribution in [1.29, 1.82) is 0 Å². The summed E-state index contributed by atoms with van der Waals surface area (Å²) in [5.41, 5.74) is 8.49. The van der Waals surface area contributed by atoms with Crippen molar-refractivity contribution in [3.05, 3.63) is 59.7 Å². The molecular weight excluding hydrogens is 258 g/mol. The van der Waals surface area contributed by atoms with Gasteiger partial charge in [-0.2, -0.15) is 0 Å². The first-order valence-electron chi connectivity index (χ1n) is 5.88. The first kappa shape index (κ1) is 13.5. The van der Waals surface area contributed by atoms with Gasteiger partial charge in [0, 0.05) is 22.1 Å². The van der Waals surface area contributed by atoms with Crippen molar-refractivity contribution in [1.82, 2.24) is 0 Å². The first-order chi connectivity index (χ1) is 8.85. The molecule has 1 nitrogen and oxygen atoms in total. The summed E-state index contributed by atoms with van der Waals surface area (Å²) in [5, 5.41) is 0. The average Bonchev–Trinajstić information content (AvgIpc) is 2.45. The van der Waals surface area contributed by atoms with E-state index in [9.17, 15) is 0 Å². The van der Waals surface area contributed by atoms with Gasteiger partial charge in [-0.25, -0.2) is 0 Å². The van der Waals surface area contributed by atoms with Gasteiger partial charge in [-0.3, -0.25) is 0 Å². The summed E-state index contributed by atoms with van der Waals surface area (Å²) in [6.07, 6.45) is 2.10. The summed E-state index contributed by atoms with van der Waals surface area (Å²) in [6, 6.07) is 16.9. The number of rotatable bonds is 5. The highest BCUT2D eigenvalue weighted by atomic mass is 32.2. The fourth-order valence-corrected chi connectivity index (χ4v) is 3.58. The highest BCUT2D eigenvalue weighted by molar-refractivity contribution is 7.99. The van der Waals surface area contributed by atoms with E-state index < -0.39 is 0 Å². The van der Waals surface area contributed by atoms with Gasteiger partial charge in [0.05, 0.1) is 0 Å². The molecule has 0 aromatic heterocycles.